The van der Waals surface area contributed by atoms with Gasteiger partial charge in [0.2, 0.25) is 0 Å². The maximum absolute atomic E-state index is 3.81. The monoisotopic (exact) mass is 215 g/mol. The van der Waals surface area contributed by atoms with Gasteiger partial charge in [-0.15, -0.1) is 11.8 Å². The van der Waals surface area contributed by atoms with E-state index in [1.807, 2.05) is 0 Å². The summed E-state index contributed by atoms with van der Waals surface area (Å²) in [5, 5.41) is 3.81. The third kappa shape index (κ3) is 3.16. The zero-order valence-corrected chi connectivity index (χ0v) is 10.9. The van der Waals surface area contributed by atoms with Gasteiger partial charge in [-0.05, 0) is 37.9 Å². The molecule has 3 atom stereocenters. The van der Waals surface area contributed by atoms with Crippen LogP contribution in [0.3, 0.4) is 0 Å². The minimum atomic E-state index is 0.382. The molecule has 0 aromatic carbocycles. The lowest BCUT2D eigenvalue weighted by Gasteiger charge is -2.42. The van der Waals surface area contributed by atoms with Crippen LogP contribution in [0.25, 0.3) is 0 Å². The van der Waals surface area contributed by atoms with Crippen LogP contribution in [0.5, 0.6) is 0 Å². The first-order valence-corrected chi connectivity index (χ1v) is 7.02. The molecule has 0 saturated carbocycles. The molecule has 3 unspecified atom stereocenters. The van der Waals surface area contributed by atoms with Crippen LogP contribution < -0.4 is 5.32 Å². The molecule has 0 spiro atoms. The molecule has 1 aliphatic heterocycles. The Morgan fingerprint density at radius 1 is 1.50 bits per heavy atom. The van der Waals surface area contributed by atoms with Gasteiger partial charge in [-0.1, -0.05) is 27.2 Å². The first-order valence-electron chi connectivity index (χ1n) is 6.03. The van der Waals surface area contributed by atoms with Crippen molar-refractivity contribution in [2.45, 2.75) is 64.3 Å². The van der Waals surface area contributed by atoms with E-state index in [1.165, 1.54) is 31.4 Å². The van der Waals surface area contributed by atoms with E-state index < -0.39 is 0 Å². The lowest BCUT2D eigenvalue weighted by atomic mass is 9.96. The third-order valence-corrected chi connectivity index (χ3v) is 4.95. The fourth-order valence-corrected chi connectivity index (χ4v) is 3.92. The van der Waals surface area contributed by atoms with Gasteiger partial charge in [-0.3, -0.25) is 0 Å². The number of nitrogens with one attached hydrogen (secondary N) is 1. The molecule has 1 rings (SSSR count). The first kappa shape index (κ1) is 12.4. The third-order valence-electron chi connectivity index (χ3n) is 3.38. The average molecular weight is 215 g/mol. The second-order valence-electron chi connectivity index (χ2n) is 4.75. The second kappa shape index (κ2) is 5.41. The van der Waals surface area contributed by atoms with Crippen molar-refractivity contribution in [3.8, 4) is 0 Å². The highest BCUT2D eigenvalue weighted by atomic mass is 32.2. The Bertz CT molecular complexity index is 172. The molecule has 2 heteroatoms. The summed E-state index contributed by atoms with van der Waals surface area (Å²) in [7, 11) is 0. The number of hydrogen-bond donors (Lipinski definition) is 1. The van der Waals surface area contributed by atoms with Gasteiger partial charge < -0.3 is 5.32 Å². The van der Waals surface area contributed by atoms with Gasteiger partial charge in [-0.2, -0.15) is 0 Å². The summed E-state index contributed by atoms with van der Waals surface area (Å²) in [6.07, 6.45) is 5.21. The Morgan fingerprint density at radius 3 is 2.71 bits per heavy atom. The minimum absolute atomic E-state index is 0.382. The lowest BCUT2D eigenvalue weighted by Crippen LogP contribution is -2.51. The van der Waals surface area contributed by atoms with E-state index in [1.54, 1.807) is 0 Å². The van der Waals surface area contributed by atoms with E-state index in [4.69, 9.17) is 0 Å². The van der Waals surface area contributed by atoms with Crippen molar-refractivity contribution in [3.05, 3.63) is 0 Å². The van der Waals surface area contributed by atoms with Crippen LogP contribution in [-0.4, -0.2) is 16.7 Å². The van der Waals surface area contributed by atoms with E-state index in [2.05, 4.69) is 44.8 Å². The van der Waals surface area contributed by atoms with E-state index >= 15 is 0 Å². The Balaban J connectivity index is 2.55. The summed E-state index contributed by atoms with van der Waals surface area (Å²) in [5.41, 5.74) is 0. The second-order valence-corrected chi connectivity index (χ2v) is 6.23. The van der Waals surface area contributed by atoms with Gasteiger partial charge in [0.05, 0.1) is 4.87 Å². The molecule has 0 aromatic heterocycles. The van der Waals surface area contributed by atoms with Gasteiger partial charge >= 0.3 is 0 Å². The van der Waals surface area contributed by atoms with Crippen LogP contribution in [-0.2, 0) is 0 Å². The standard InChI is InChI=1S/C12H25NS/c1-5-10(3)9-12(6-2)13-11(4)7-8-14-12/h10-11,13H,5-9H2,1-4H3. The van der Waals surface area contributed by atoms with Crippen molar-refractivity contribution in [1.29, 1.82) is 0 Å². The Hall–Kier alpha value is 0.310. The average Bonchev–Trinajstić information content (AvgIpc) is 2.17. The van der Waals surface area contributed by atoms with Crippen LogP contribution in [0.15, 0.2) is 0 Å². The number of thioether (sulfide) groups is 1. The zero-order chi connectivity index (χ0) is 10.6. The van der Waals surface area contributed by atoms with Crippen LogP contribution >= 0.6 is 11.8 Å². The van der Waals surface area contributed by atoms with Gasteiger partial charge in [0.15, 0.2) is 0 Å². The van der Waals surface area contributed by atoms with Crippen molar-refractivity contribution in [1.82, 2.24) is 5.32 Å². The number of rotatable bonds is 4. The highest BCUT2D eigenvalue weighted by Crippen LogP contribution is 2.37. The summed E-state index contributed by atoms with van der Waals surface area (Å²) in [4.78, 5) is 0.382. The molecule has 1 heterocycles. The minimum Gasteiger partial charge on any atom is -0.300 e. The molecule has 0 aromatic rings. The highest BCUT2D eigenvalue weighted by Gasteiger charge is 2.34. The molecular weight excluding hydrogens is 190 g/mol. The Morgan fingerprint density at radius 2 is 2.21 bits per heavy atom. The lowest BCUT2D eigenvalue weighted by molar-refractivity contribution is 0.311. The molecule has 0 aliphatic carbocycles. The van der Waals surface area contributed by atoms with Crippen LogP contribution in [0.4, 0.5) is 0 Å². The molecule has 14 heavy (non-hydrogen) atoms. The van der Waals surface area contributed by atoms with Crippen molar-refractivity contribution in [2.24, 2.45) is 5.92 Å². The Kier molecular flexibility index (Phi) is 4.78. The summed E-state index contributed by atoms with van der Waals surface area (Å²) in [6, 6.07) is 0.709. The zero-order valence-electron chi connectivity index (χ0n) is 10.1. The smallest absolute Gasteiger partial charge is 0.0647 e. The fourth-order valence-electron chi connectivity index (χ4n) is 2.17. The normalized spacial score (nSPS) is 35.6. The van der Waals surface area contributed by atoms with Crippen LogP contribution in [0, 0.1) is 5.92 Å². The van der Waals surface area contributed by atoms with E-state index in [9.17, 15) is 0 Å². The van der Waals surface area contributed by atoms with Crippen molar-refractivity contribution >= 4 is 11.8 Å². The quantitative estimate of drug-likeness (QED) is 0.768. The molecule has 1 saturated heterocycles. The summed E-state index contributed by atoms with van der Waals surface area (Å²) in [5.74, 6) is 2.18. The fraction of sp³-hybridized carbons (Fsp3) is 1.00. The van der Waals surface area contributed by atoms with E-state index in [-0.39, 0.29) is 0 Å². The molecule has 0 amide bonds. The van der Waals surface area contributed by atoms with E-state index in [0.29, 0.717) is 10.9 Å². The van der Waals surface area contributed by atoms with E-state index in [0.717, 1.165) is 5.92 Å². The molecule has 1 N–H and O–H groups in total. The highest BCUT2D eigenvalue weighted by molar-refractivity contribution is 8.00. The molecule has 1 fully saturated rings. The van der Waals surface area contributed by atoms with Crippen molar-refractivity contribution in [3.63, 3.8) is 0 Å². The van der Waals surface area contributed by atoms with Gasteiger partial charge in [0, 0.05) is 6.04 Å². The molecular formula is C12H25NS. The summed E-state index contributed by atoms with van der Waals surface area (Å²) >= 11 is 2.15. The van der Waals surface area contributed by atoms with Crippen molar-refractivity contribution in [2.75, 3.05) is 5.75 Å². The van der Waals surface area contributed by atoms with Crippen LogP contribution in [0.2, 0.25) is 0 Å². The predicted molar refractivity (Wildman–Crippen MR) is 66.8 cm³/mol. The summed E-state index contributed by atoms with van der Waals surface area (Å²) in [6.45, 7) is 9.31. The van der Waals surface area contributed by atoms with Crippen LogP contribution in [0.1, 0.15) is 53.4 Å². The largest absolute Gasteiger partial charge is 0.300 e. The van der Waals surface area contributed by atoms with Gasteiger partial charge in [0.1, 0.15) is 0 Å². The van der Waals surface area contributed by atoms with Gasteiger partial charge in [0.25, 0.3) is 0 Å². The molecule has 0 bridgehead atoms. The first-order chi connectivity index (χ1) is 6.62. The molecule has 84 valence electrons. The van der Waals surface area contributed by atoms with Gasteiger partial charge in [-0.25, -0.2) is 0 Å². The molecule has 1 nitrogen and oxygen atoms in total. The number of hydrogen-bond acceptors (Lipinski definition) is 2. The maximum Gasteiger partial charge on any atom is 0.0647 e. The van der Waals surface area contributed by atoms with Crippen molar-refractivity contribution < 1.29 is 0 Å². The molecule has 0 radical (unpaired) electrons. The summed E-state index contributed by atoms with van der Waals surface area (Å²) < 4.78 is 0. The predicted octanol–water partition coefficient (Wildman–Crippen LogP) is 3.64. The topological polar surface area (TPSA) is 12.0 Å². The SMILES string of the molecule is CCC(C)CC1(CC)NC(C)CCS1. The maximum atomic E-state index is 3.81. The Labute approximate surface area is 93.4 Å². The molecule has 1 aliphatic rings.